The second-order valence-corrected chi connectivity index (χ2v) is 9.38. The predicted octanol–water partition coefficient (Wildman–Crippen LogP) is 5.66. The van der Waals surface area contributed by atoms with Crippen LogP contribution < -0.4 is 10.5 Å². The molecule has 0 amide bonds. The van der Waals surface area contributed by atoms with Crippen molar-refractivity contribution >= 4 is 43.0 Å². The molecule has 1 aliphatic carbocycles. The highest BCUT2D eigenvalue weighted by atomic mass is 32.1. The maximum absolute atomic E-state index is 13.4. The van der Waals surface area contributed by atoms with Crippen LogP contribution in [0, 0.1) is 6.92 Å². The molecule has 0 N–H and O–H groups in total. The maximum atomic E-state index is 13.4. The highest BCUT2D eigenvalue weighted by molar-refractivity contribution is 7.25. The smallest absolute Gasteiger partial charge is 0.275 e. The van der Waals surface area contributed by atoms with E-state index in [1.807, 2.05) is 45.3 Å². The Morgan fingerprint density at radius 1 is 1.09 bits per heavy atom. The topological polar surface area (TPSA) is 51.0 Å². The first-order valence-electron chi connectivity index (χ1n) is 10.6. The molecule has 0 bridgehead atoms. The van der Waals surface area contributed by atoms with Crippen molar-refractivity contribution in [3.63, 3.8) is 0 Å². The number of thiophene rings is 1. The summed E-state index contributed by atoms with van der Waals surface area (Å²) in [5, 5.41) is 0.928. The zero-order valence-corrected chi connectivity index (χ0v) is 19.4. The summed E-state index contributed by atoms with van der Waals surface area (Å²) in [5.41, 5.74) is 6.88. The number of anilines is 1. The van der Waals surface area contributed by atoms with Gasteiger partial charge in [-0.15, -0.1) is 11.3 Å². The Morgan fingerprint density at radius 2 is 1.88 bits per heavy atom. The average Bonchev–Trinajstić information content (AvgIpc) is 3.02. The molecule has 1 aromatic carbocycles. The van der Waals surface area contributed by atoms with Crippen LogP contribution in [-0.4, -0.2) is 28.6 Å². The van der Waals surface area contributed by atoms with E-state index in [0.717, 1.165) is 44.8 Å². The van der Waals surface area contributed by atoms with Gasteiger partial charge in [0.1, 0.15) is 21.4 Å². The van der Waals surface area contributed by atoms with Crippen molar-refractivity contribution in [2.24, 2.45) is 0 Å². The van der Waals surface area contributed by atoms with Gasteiger partial charge in [0, 0.05) is 14.1 Å². The number of nitrogens with zero attached hydrogens (tertiary/aromatic N) is 4. The van der Waals surface area contributed by atoms with Crippen LogP contribution in [0.3, 0.4) is 0 Å². The normalized spacial score (nSPS) is 13.9. The van der Waals surface area contributed by atoms with Gasteiger partial charge >= 0.3 is 0 Å². The fourth-order valence-electron chi connectivity index (χ4n) is 3.90. The predicted molar refractivity (Wildman–Crippen MR) is 135 cm³/mol. The molecule has 5 rings (SSSR count). The number of hydrogen-bond donors (Lipinski definition) is 0. The van der Waals surface area contributed by atoms with E-state index in [2.05, 4.69) is 42.2 Å². The number of pyridine rings is 1. The van der Waals surface area contributed by atoms with E-state index in [1.165, 1.54) is 16.9 Å². The van der Waals surface area contributed by atoms with E-state index >= 15 is 0 Å². The second-order valence-electron chi connectivity index (χ2n) is 8.38. The zero-order chi connectivity index (χ0) is 22.4. The van der Waals surface area contributed by atoms with E-state index < -0.39 is 0 Å². The summed E-state index contributed by atoms with van der Waals surface area (Å²) in [6, 6.07) is 9.98. The largest absolute Gasteiger partial charge is 0.377 e. The second kappa shape index (κ2) is 7.88. The molecule has 3 aromatic heterocycles. The zero-order valence-electron chi connectivity index (χ0n) is 18.6. The van der Waals surface area contributed by atoms with Crippen molar-refractivity contribution in [2.45, 2.75) is 20.3 Å². The molecule has 0 saturated heterocycles. The maximum Gasteiger partial charge on any atom is 0.275 e. The summed E-state index contributed by atoms with van der Waals surface area (Å²) in [6.07, 6.45) is 11.1. The molecule has 5 nitrogen and oxygen atoms in total. The van der Waals surface area contributed by atoms with E-state index in [-0.39, 0.29) is 5.56 Å². The first kappa shape index (κ1) is 20.4. The molecule has 0 radical (unpaired) electrons. The Hall–Kier alpha value is -3.51. The van der Waals surface area contributed by atoms with Crippen molar-refractivity contribution < 1.29 is 0 Å². The van der Waals surface area contributed by atoms with Gasteiger partial charge < -0.3 is 4.90 Å². The van der Waals surface area contributed by atoms with Gasteiger partial charge in [-0.3, -0.25) is 9.36 Å². The molecule has 32 heavy (non-hydrogen) atoms. The standard InChI is InChI=1S/C26H24N4OS/c1-16-6-5-7-18(11-8-16)20-14-21(29(3)4)22-23-24(32-25(22)28-20)26(31)30(15-27-23)19-12-9-17(2)10-13-19/h5,7-15H,6H2,1-4H3. The highest BCUT2D eigenvalue weighted by Gasteiger charge is 2.19. The van der Waals surface area contributed by atoms with Gasteiger partial charge in [-0.2, -0.15) is 0 Å². The van der Waals surface area contributed by atoms with E-state index in [9.17, 15) is 4.79 Å². The van der Waals surface area contributed by atoms with E-state index in [4.69, 9.17) is 9.97 Å². The van der Waals surface area contributed by atoms with Crippen LogP contribution in [0.15, 0.2) is 71.3 Å². The number of aryl methyl sites for hydroxylation is 1. The van der Waals surface area contributed by atoms with Gasteiger partial charge in [0.15, 0.2) is 0 Å². The molecule has 0 fully saturated rings. The minimum atomic E-state index is -0.0692. The van der Waals surface area contributed by atoms with E-state index in [1.54, 1.807) is 10.9 Å². The minimum Gasteiger partial charge on any atom is -0.377 e. The Morgan fingerprint density at radius 3 is 2.62 bits per heavy atom. The van der Waals surface area contributed by atoms with Crippen molar-refractivity contribution in [2.75, 3.05) is 19.0 Å². The van der Waals surface area contributed by atoms with Gasteiger partial charge in [-0.05, 0) is 44.0 Å². The van der Waals surface area contributed by atoms with Gasteiger partial charge in [0.05, 0.1) is 22.5 Å². The lowest BCUT2D eigenvalue weighted by atomic mass is 10.1. The van der Waals surface area contributed by atoms with Gasteiger partial charge in [-0.25, -0.2) is 9.97 Å². The lowest BCUT2D eigenvalue weighted by Gasteiger charge is -2.15. The molecule has 4 aromatic rings. The fourth-order valence-corrected chi connectivity index (χ4v) is 4.98. The Labute approximate surface area is 190 Å². The van der Waals surface area contributed by atoms with Crippen molar-refractivity contribution in [3.8, 4) is 5.69 Å². The van der Waals surface area contributed by atoms with Crippen LogP contribution in [0.5, 0.6) is 0 Å². The first-order valence-corrected chi connectivity index (χ1v) is 11.4. The SMILES string of the molecule is CC1=CC=C(c2cc(N(C)C)c3c(n2)sc2c(=O)n(-c4ccc(C)cc4)cnc23)C=CC1. The molecule has 3 heterocycles. The summed E-state index contributed by atoms with van der Waals surface area (Å²) < 4.78 is 2.23. The van der Waals surface area contributed by atoms with Crippen molar-refractivity contribution in [1.82, 2.24) is 14.5 Å². The highest BCUT2D eigenvalue weighted by Crippen LogP contribution is 2.38. The molecular formula is C26H24N4OS. The Bertz CT molecular complexity index is 1500. The first-order chi connectivity index (χ1) is 15.4. The molecule has 160 valence electrons. The van der Waals surface area contributed by atoms with Gasteiger partial charge in [0.2, 0.25) is 0 Å². The summed E-state index contributed by atoms with van der Waals surface area (Å²) in [6.45, 7) is 4.16. The van der Waals surface area contributed by atoms with Gasteiger partial charge in [-0.1, -0.05) is 47.6 Å². The van der Waals surface area contributed by atoms with Crippen LogP contribution in [0.25, 0.3) is 31.7 Å². The third kappa shape index (κ3) is 3.46. The van der Waals surface area contributed by atoms with E-state index in [0.29, 0.717) is 10.2 Å². The van der Waals surface area contributed by atoms with Crippen LogP contribution in [0.2, 0.25) is 0 Å². The molecule has 0 spiro atoms. The molecule has 1 aliphatic rings. The van der Waals surface area contributed by atoms with Crippen molar-refractivity contribution in [3.05, 3.63) is 88.1 Å². The lowest BCUT2D eigenvalue weighted by Crippen LogP contribution is -2.17. The molecule has 0 saturated carbocycles. The number of fused-ring (bicyclic) bond motifs is 3. The third-order valence-electron chi connectivity index (χ3n) is 5.71. The molecule has 0 atom stereocenters. The average molecular weight is 441 g/mol. The quantitative estimate of drug-likeness (QED) is 0.412. The lowest BCUT2D eigenvalue weighted by molar-refractivity contribution is 0.966. The molecule has 6 heteroatoms. The summed E-state index contributed by atoms with van der Waals surface area (Å²) >= 11 is 1.42. The van der Waals surface area contributed by atoms with Crippen LogP contribution in [-0.2, 0) is 0 Å². The Kier molecular flexibility index (Phi) is 5.02. The number of aromatic nitrogens is 3. The van der Waals surface area contributed by atoms with Crippen LogP contribution in [0.4, 0.5) is 5.69 Å². The third-order valence-corrected chi connectivity index (χ3v) is 6.77. The van der Waals surface area contributed by atoms with Gasteiger partial charge in [0.25, 0.3) is 5.56 Å². The summed E-state index contributed by atoms with van der Waals surface area (Å²) in [7, 11) is 4.02. The molecule has 0 unspecified atom stereocenters. The Balaban J connectivity index is 1.76. The fraction of sp³-hybridized carbons (Fsp3) is 0.192. The van der Waals surface area contributed by atoms with Crippen LogP contribution in [0.1, 0.15) is 24.6 Å². The number of benzene rings is 1. The monoisotopic (exact) mass is 440 g/mol. The summed E-state index contributed by atoms with van der Waals surface area (Å²) in [5.74, 6) is 0. The minimum absolute atomic E-state index is 0.0692. The number of rotatable bonds is 3. The molecular weight excluding hydrogens is 416 g/mol. The number of allylic oxidation sites excluding steroid dienone is 6. The number of hydrogen-bond acceptors (Lipinski definition) is 5. The molecule has 0 aliphatic heterocycles. The van der Waals surface area contributed by atoms with Crippen molar-refractivity contribution in [1.29, 1.82) is 0 Å². The summed E-state index contributed by atoms with van der Waals surface area (Å²) in [4.78, 5) is 25.9. The van der Waals surface area contributed by atoms with Crippen LogP contribution >= 0.6 is 11.3 Å².